The Hall–Kier alpha value is -4.22. The molecule has 1 atom stereocenters. The number of thioether (sulfide) groups is 1. The van der Waals surface area contributed by atoms with E-state index in [0.29, 0.717) is 38.2 Å². The topological polar surface area (TPSA) is 114 Å². The molecule has 12 heteroatoms. The Morgan fingerprint density at radius 3 is 2.53 bits per heavy atom. The normalized spacial score (nSPS) is 15.0. The number of hydrogen-bond acceptors (Lipinski definition) is 7. The lowest BCUT2D eigenvalue weighted by atomic mass is 10.1. The number of aromatic nitrogens is 3. The average molecular weight is 619 g/mol. The van der Waals surface area contributed by atoms with Gasteiger partial charge in [-0.2, -0.15) is 0 Å². The van der Waals surface area contributed by atoms with Crippen LogP contribution in [0.2, 0.25) is 5.02 Å². The fourth-order valence-corrected chi connectivity index (χ4v) is 6.26. The minimum atomic E-state index is -0.553. The van der Waals surface area contributed by atoms with Crippen LogP contribution >= 0.6 is 23.4 Å². The van der Waals surface area contributed by atoms with E-state index in [1.54, 1.807) is 21.6 Å². The minimum absolute atomic E-state index is 0.0385. The quantitative estimate of drug-likeness (QED) is 0.0971. The Bertz CT molecular complexity index is 1650. The van der Waals surface area contributed by atoms with Gasteiger partial charge in [-0.25, -0.2) is 0 Å². The van der Waals surface area contributed by atoms with Gasteiger partial charge in [0.05, 0.1) is 15.5 Å². The molecule has 0 bridgehead atoms. The smallest absolute Gasteiger partial charge is 0.270 e. The average Bonchev–Trinajstić information content (AvgIpc) is 3.43. The molecule has 0 saturated carbocycles. The van der Waals surface area contributed by atoms with Crippen LogP contribution in [0.4, 0.5) is 5.69 Å². The third-order valence-corrected chi connectivity index (χ3v) is 8.65. The number of halogens is 1. The molecule has 1 aliphatic rings. The van der Waals surface area contributed by atoms with Crippen molar-refractivity contribution in [3.8, 4) is 17.1 Å². The third-order valence-electron chi connectivity index (χ3n) is 7.33. The molecule has 43 heavy (non-hydrogen) atoms. The first-order valence-corrected chi connectivity index (χ1v) is 15.3. The van der Waals surface area contributed by atoms with Gasteiger partial charge in [0.2, 0.25) is 5.91 Å². The Balaban J connectivity index is 1.17. The number of piperazine rings is 1. The highest BCUT2D eigenvalue weighted by Crippen LogP contribution is 2.29. The van der Waals surface area contributed by atoms with E-state index in [-0.39, 0.29) is 34.1 Å². The van der Waals surface area contributed by atoms with Crippen LogP contribution in [-0.4, -0.2) is 72.7 Å². The molecule has 3 aromatic carbocycles. The Labute approximate surface area is 258 Å². The molecule has 0 aliphatic carbocycles. The van der Waals surface area contributed by atoms with Gasteiger partial charge in [-0.3, -0.25) is 24.3 Å². The number of carbonyl (C=O) groups excluding carboxylic acids is 2. The van der Waals surface area contributed by atoms with E-state index in [4.69, 9.17) is 11.6 Å². The molecule has 5 rings (SSSR count). The summed E-state index contributed by atoms with van der Waals surface area (Å²) >= 11 is 7.75. The summed E-state index contributed by atoms with van der Waals surface area (Å²) in [7, 11) is 0. The molecule has 2 heterocycles. The maximum atomic E-state index is 13.1. The lowest BCUT2D eigenvalue weighted by Crippen LogP contribution is -2.55. The second-order valence-electron chi connectivity index (χ2n) is 10.4. The zero-order valence-electron chi connectivity index (χ0n) is 23.9. The van der Waals surface area contributed by atoms with Crippen molar-refractivity contribution in [1.29, 1.82) is 0 Å². The second kappa shape index (κ2) is 13.4. The van der Waals surface area contributed by atoms with Crippen LogP contribution in [-0.2, 0) is 4.79 Å². The zero-order chi connectivity index (χ0) is 30.5. The number of aryl methyl sites for hydroxylation is 1. The SMILES string of the molecule is Cc1cccc(-n2c(SCCCC(=O)N3CCN(C(=O)c4ccc([N+](=O)[O-])cc4Cl)C(C)C3)nnc2-c2ccccc2)c1. The fourth-order valence-electron chi connectivity index (χ4n) is 5.11. The first-order valence-electron chi connectivity index (χ1n) is 14.0. The van der Waals surface area contributed by atoms with Crippen LogP contribution in [0.1, 0.15) is 35.7 Å². The Morgan fingerprint density at radius 1 is 1.05 bits per heavy atom. The van der Waals surface area contributed by atoms with Gasteiger partial charge in [-0.1, -0.05) is 65.8 Å². The summed E-state index contributed by atoms with van der Waals surface area (Å²) in [6.07, 6.45) is 1.04. The Kier molecular flexibility index (Phi) is 9.42. The van der Waals surface area contributed by atoms with Gasteiger partial charge in [0, 0.05) is 61.2 Å². The molecule has 1 fully saturated rings. The molecule has 1 aromatic heterocycles. The van der Waals surface area contributed by atoms with Crippen molar-refractivity contribution in [3.63, 3.8) is 0 Å². The van der Waals surface area contributed by atoms with Crippen LogP contribution in [0.25, 0.3) is 17.1 Å². The van der Waals surface area contributed by atoms with Gasteiger partial charge in [0.15, 0.2) is 11.0 Å². The van der Waals surface area contributed by atoms with E-state index in [1.807, 2.05) is 49.4 Å². The predicted octanol–water partition coefficient (Wildman–Crippen LogP) is 6.05. The van der Waals surface area contributed by atoms with E-state index >= 15 is 0 Å². The number of carbonyl (C=O) groups is 2. The molecule has 1 saturated heterocycles. The van der Waals surface area contributed by atoms with Gasteiger partial charge in [-0.15, -0.1) is 10.2 Å². The number of hydrogen-bond donors (Lipinski definition) is 0. The number of nitrogens with zero attached hydrogens (tertiary/aromatic N) is 6. The van der Waals surface area contributed by atoms with E-state index < -0.39 is 4.92 Å². The lowest BCUT2D eigenvalue weighted by Gasteiger charge is -2.40. The van der Waals surface area contributed by atoms with E-state index in [1.165, 1.54) is 18.2 Å². The predicted molar refractivity (Wildman–Crippen MR) is 167 cm³/mol. The maximum Gasteiger partial charge on any atom is 0.270 e. The second-order valence-corrected chi connectivity index (χ2v) is 11.9. The summed E-state index contributed by atoms with van der Waals surface area (Å²) in [4.78, 5) is 40.1. The van der Waals surface area contributed by atoms with Gasteiger partial charge < -0.3 is 9.80 Å². The van der Waals surface area contributed by atoms with Crippen molar-refractivity contribution in [3.05, 3.63) is 99.1 Å². The summed E-state index contributed by atoms with van der Waals surface area (Å²) in [5, 5.41) is 20.8. The summed E-state index contributed by atoms with van der Waals surface area (Å²) in [6, 6.07) is 21.8. The first kappa shape index (κ1) is 30.2. The van der Waals surface area contributed by atoms with Gasteiger partial charge in [0.25, 0.3) is 11.6 Å². The zero-order valence-corrected chi connectivity index (χ0v) is 25.4. The van der Waals surface area contributed by atoms with Crippen LogP contribution in [0, 0.1) is 17.0 Å². The number of nitro benzene ring substituents is 1. The van der Waals surface area contributed by atoms with Gasteiger partial charge >= 0.3 is 0 Å². The van der Waals surface area contributed by atoms with Crippen molar-refractivity contribution in [1.82, 2.24) is 24.6 Å². The van der Waals surface area contributed by atoms with Crippen molar-refractivity contribution in [2.45, 2.75) is 37.9 Å². The maximum absolute atomic E-state index is 13.1. The van der Waals surface area contributed by atoms with Crippen LogP contribution < -0.4 is 0 Å². The molecule has 10 nitrogen and oxygen atoms in total. The van der Waals surface area contributed by atoms with Crippen LogP contribution in [0.15, 0.2) is 78.0 Å². The van der Waals surface area contributed by atoms with Crippen molar-refractivity contribution in [2.24, 2.45) is 0 Å². The van der Waals surface area contributed by atoms with E-state index in [0.717, 1.165) is 27.8 Å². The molecule has 1 unspecified atom stereocenters. The standard InChI is InChI=1S/C31H31ClN6O4S/c1-21-8-6-11-24(18-21)37-29(23-9-4-3-5-10-23)33-34-31(37)43-17-7-12-28(39)35-15-16-36(22(2)20-35)30(40)26-14-13-25(38(41)42)19-27(26)32/h3-6,8-11,13-14,18-19,22H,7,12,15-17,20H2,1-2H3. The van der Waals surface area contributed by atoms with Crippen molar-refractivity contribution >= 4 is 40.9 Å². The monoisotopic (exact) mass is 618 g/mol. The van der Waals surface area contributed by atoms with E-state index in [2.05, 4.69) is 33.8 Å². The van der Waals surface area contributed by atoms with Crippen LogP contribution in [0.5, 0.6) is 0 Å². The Morgan fingerprint density at radius 2 is 1.84 bits per heavy atom. The van der Waals surface area contributed by atoms with Crippen molar-refractivity contribution in [2.75, 3.05) is 25.4 Å². The molecule has 2 amide bonds. The molecule has 0 spiro atoms. The van der Waals surface area contributed by atoms with Gasteiger partial charge in [0.1, 0.15) is 0 Å². The van der Waals surface area contributed by atoms with E-state index in [9.17, 15) is 19.7 Å². The highest BCUT2D eigenvalue weighted by molar-refractivity contribution is 7.99. The largest absolute Gasteiger partial charge is 0.339 e. The molecule has 4 aromatic rings. The number of amides is 2. The number of non-ortho nitro benzene ring substituents is 1. The highest BCUT2D eigenvalue weighted by atomic mass is 35.5. The van der Waals surface area contributed by atoms with Gasteiger partial charge in [-0.05, 0) is 44.0 Å². The first-order chi connectivity index (χ1) is 20.7. The summed E-state index contributed by atoms with van der Waals surface area (Å²) in [5.74, 6) is 1.19. The van der Waals surface area contributed by atoms with Crippen molar-refractivity contribution < 1.29 is 14.5 Å². The third kappa shape index (κ3) is 6.89. The van der Waals surface area contributed by atoms with Crippen LogP contribution in [0.3, 0.4) is 0 Å². The number of nitro groups is 1. The number of benzene rings is 3. The highest BCUT2D eigenvalue weighted by Gasteiger charge is 2.31. The molecule has 1 aliphatic heterocycles. The minimum Gasteiger partial charge on any atom is -0.339 e. The molecule has 222 valence electrons. The molecule has 0 radical (unpaired) electrons. The molecule has 0 N–H and O–H groups in total. The summed E-state index contributed by atoms with van der Waals surface area (Å²) in [5.41, 5.74) is 3.14. The summed E-state index contributed by atoms with van der Waals surface area (Å²) < 4.78 is 2.06. The lowest BCUT2D eigenvalue weighted by molar-refractivity contribution is -0.384. The molecular formula is C31H31ClN6O4S. The fraction of sp³-hybridized carbons (Fsp3) is 0.290. The number of rotatable bonds is 9. The summed E-state index contributed by atoms with van der Waals surface area (Å²) in [6.45, 7) is 5.11. The molecular weight excluding hydrogens is 588 g/mol.